The summed E-state index contributed by atoms with van der Waals surface area (Å²) in [5.41, 5.74) is 6.87. The maximum atomic E-state index is 12.3. The second kappa shape index (κ2) is 5.59. The largest absolute Gasteiger partial charge is 0.398 e. The van der Waals surface area contributed by atoms with Crippen molar-refractivity contribution in [2.24, 2.45) is 0 Å². The molecule has 0 saturated heterocycles. The summed E-state index contributed by atoms with van der Waals surface area (Å²) >= 11 is 9.04. The summed E-state index contributed by atoms with van der Waals surface area (Å²) in [5, 5.41) is 0.266. The van der Waals surface area contributed by atoms with Gasteiger partial charge in [0.05, 0.1) is 16.8 Å². The molecule has 1 aromatic heterocycles. The average molecular weight is 377 g/mol. The number of pyridine rings is 1. The third kappa shape index (κ3) is 3.23. The van der Waals surface area contributed by atoms with E-state index in [1.807, 2.05) is 0 Å². The topological polar surface area (TPSA) is 85.1 Å². The van der Waals surface area contributed by atoms with E-state index in [4.69, 9.17) is 17.3 Å². The number of nitrogen functional groups attached to an aromatic ring is 1. The third-order valence-electron chi connectivity index (χ3n) is 2.63. The minimum atomic E-state index is -3.77. The van der Waals surface area contributed by atoms with Gasteiger partial charge >= 0.3 is 0 Å². The van der Waals surface area contributed by atoms with E-state index < -0.39 is 10.0 Å². The Kier molecular flexibility index (Phi) is 4.22. The lowest BCUT2D eigenvalue weighted by Gasteiger charge is -2.12. The van der Waals surface area contributed by atoms with Crippen LogP contribution in [0.5, 0.6) is 0 Å². The highest BCUT2D eigenvalue weighted by atomic mass is 79.9. The molecule has 0 atom stereocenters. The number of hydrogen-bond acceptors (Lipinski definition) is 4. The SMILES string of the molecule is Cc1c(N)cc(Cl)cc1S(=O)(=O)Nc1ccc(Br)nc1. The molecule has 0 radical (unpaired) electrons. The Morgan fingerprint density at radius 2 is 2.05 bits per heavy atom. The maximum absolute atomic E-state index is 12.3. The summed E-state index contributed by atoms with van der Waals surface area (Å²) in [6.45, 7) is 1.63. The summed E-state index contributed by atoms with van der Waals surface area (Å²) in [7, 11) is -3.77. The van der Waals surface area contributed by atoms with Gasteiger partial charge < -0.3 is 5.73 Å². The van der Waals surface area contributed by atoms with Crippen LogP contribution in [0.15, 0.2) is 40.0 Å². The minimum Gasteiger partial charge on any atom is -0.398 e. The van der Waals surface area contributed by atoms with Crippen LogP contribution in [-0.2, 0) is 10.0 Å². The number of sulfonamides is 1. The molecule has 20 heavy (non-hydrogen) atoms. The molecule has 3 N–H and O–H groups in total. The summed E-state index contributed by atoms with van der Waals surface area (Å²) in [4.78, 5) is 4.00. The van der Waals surface area contributed by atoms with Gasteiger partial charge in [-0.15, -0.1) is 0 Å². The second-order valence-electron chi connectivity index (χ2n) is 4.09. The Balaban J connectivity index is 2.43. The first-order chi connectivity index (χ1) is 9.29. The molecule has 2 rings (SSSR count). The first-order valence-corrected chi connectivity index (χ1v) is 8.15. The van der Waals surface area contributed by atoms with Gasteiger partial charge in [-0.2, -0.15) is 0 Å². The van der Waals surface area contributed by atoms with Crippen molar-refractivity contribution in [2.75, 3.05) is 10.5 Å². The number of rotatable bonds is 3. The van der Waals surface area contributed by atoms with Crippen molar-refractivity contribution in [1.29, 1.82) is 0 Å². The number of aromatic nitrogens is 1. The third-order valence-corrected chi connectivity index (χ3v) is 4.83. The predicted octanol–water partition coefficient (Wildman–Crippen LogP) is 3.19. The van der Waals surface area contributed by atoms with E-state index in [-0.39, 0.29) is 9.92 Å². The van der Waals surface area contributed by atoms with E-state index in [1.54, 1.807) is 19.1 Å². The highest BCUT2D eigenvalue weighted by molar-refractivity contribution is 9.10. The molecular formula is C12H11BrClN3O2S. The normalized spacial score (nSPS) is 11.3. The molecule has 0 aliphatic heterocycles. The van der Waals surface area contributed by atoms with Crippen LogP contribution in [0.3, 0.4) is 0 Å². The average Bonchev–Trinajstić information content (AvgIpc) is 2.36. The monoisotopic (exact) mass is 375 g/mol. The highest BCUT2D eigenvalue weighted by Crippen LogP contribution is 2.27. The fraction of sp³-hybridized carbons (Fsp3) is 0.0833. The van der Waals surface area contributed by atoms with Gasteiger partial charge in [0.2, 0.25) is 0 Å². The van der Waals surface area contributed by atoms with E-state index in [9.17, 15) is 8.42 Å². The molecule has 8 heteroatoms. The molecule has 0 aliphatic carbocycles. The van der Waals surface area contributed by atoms with Crippen molar-refractivity contribution >= 4 is 48.9 Å². The molecule has 1 heterocycles. The van der Waals surface area contributed by atoms with Crippen molar-refractivity contribution < 1.29 is 8.42 Å². The zero-order valence-electron chi connectivity index (χ0n) is 10.4. The summed E-state index contributed by atoms with van der Waals surface area (Å²) in [6.07, 6.45) is 1.41. The maximum Gasteiger partial charge on any atom is 0.262 e. The Bertz CT molecular complexity index is 748. The lowest BCUT2D eigenvalue weighted by Crippen LogP contribution is -2.15. The molecule has 0 bridgehead atoms. The van der Waals surface area contributed by atoms with Crippen LogP contribution < -0.4 is 10.5 Å². The number of nitrogens with one attached hydrogen (secondary N) is 1. The van der Waals surface area contributed by atoms with Gasteiger partial charge in [0.1, 0.15) is 4.60 Å². The molecule has 1 aromatic carbocycles. The Morgan fingerprint density at radius 3 is 2.65 bits per heavy atom. The van der Waals surface area contributed by atoms with E-state index >= 15 is 0 Å². The molecular weight excluding hydrogens is 366 g/mol. The molecule has 0 aliphatic rings. The molecule has 0 spiro atoms. The van der Waals surface area contributed by atoms with Crippen molar-refractivity contribution in [3.63, 3.8) is 0 Å². The first-order valence-electron chi connectivity index (χ1n) is 5.49. The Hall–Kier alpha value is -1.31. The zero-order chi connectivity index (χ0) is 14.9. The van der Waals surface area contributed by atoms with Crippen LogP contribution in [0.4, 0.5) is 11.4 Å². The lowest BCUT2D eigenvalue weighted by molar-refractivity contribution is 0.600. The van der Waals surface area contributed by atoms with Crippen molar-refractivity contribution in [2.45, 2.75) is 11.8 Å². The summed E-state index contributed by atoms with van der Waals surface area (Å²) < 4.78 is 27.7. The van der Waals surface area contributed by atoms with Gasteiger partial charge in [0.15, 0.2) is 0 Å². The zero-order valence-corrected chi connectivity index (χ0v) is 13.6. The van der Waals surface area contributed by atoms with Gasteiger partial charge in [0.25, 0.3) is 10.0 Å². The van der Waals surface area contributed by atoms with Crippen LogP contribution in [0.1, 0.15) is 5.56 Å². The molecule has 0 saturated carbocycles. The van der Waals surface area contributed by atoms with Crippen LogP contribution in [0.2, 0.25) is 5.02 Å². The van der Waals surface area contributed by atoms with E-state index in [1.165, 1.54) is 18.3 Å². The van der Waals surface area contributed by atoms with Gasteiger partial charge in [-0.1, -0.05) is 11.6 Å². The van der Waals surface area contributed by atoms with Gasteiger partial charge in [-0.05, 0) is 52.7 Å². The van der Waals surface area contributed by atoms with Gasteiger partial charge in [-0.3, -0.25) is 4.72 Å². The molecule has 106 valence electrons. The van der Waals surface area contributed by atoms with Crippen molar-refractivity contribution in [3.8, 4) is 0 Å². The highest BCUT2D eigenvalue weighted by Gasteiger charge is 2.19. The van der Waals surface area contributed by atoms with Gasteiger partial charge in [0, 0.05) is 10.7 Å². The molecule has 5 nitrogen and oxygen atoms in total. The van der Waals surface area contributed by atoms with Crippen molar-refractivity contribution in [3.05, 3.63) is 45.7 Å². The number of benzene rings is 1. The lowest BCUT2D eigenvalue weighted by atomic mass is 10.2. The summed E-state index contributed by atoms with van der Waals surface area (Å²) in [6, 6.07) is 6.11. The standard InChI is InChI=1S/C12H11BrClN3O2S/c1-7-10(15)4-8(14)5-11(7)20(18,19)17-9-2-3-12(13)16-6-9/h2-6,17H,15H2,1H3. The molecule has 0 unspecified atom stereocenters. The molecule has 0 fully saturated rings. The summed E-state index contributed by atoms with van der Waals surface area (Å²) in [5.74, 6) is 0. The smallest absolute Gasteiger partial charge is 0.262 e. The fourth-order valence-electron chi connectivity index (χ4n) is 1.60. The van der Waals surface area contributed by atoms with Gasteiger partial charge in [-0.25, -0.2) is 13.4 Å². The van der Waals surface area contributed by atoms with Crippen molar-refractivity contribution in [1.82, 2.24) is 4.98 Å². The first kappa shape index (κ1) is 15.1. The van der Waals surface area contributed by atoms with E-state index in [0.29, 0.717) is 21.5 Å². The second-order valence-corrected chi connectivity index (χ2v) is 6.99. The number of anilines is 2. The number of hydrogen-bond donors (Lipinski definition) is 2. The Morgan fingerprint density at radius 1 is 1.35 bits per heavy atom. The van der Waals surface area contributed by atoms with E-state index in [0.717, 1.165) is 0 Å². The van der Waals surface area contributed by atoms with Crippen LogP contribution in [0, 0.1) is 6.92 Å². The molecule has 0 amide bonds. The number of nitrogens with zero attached hydrogens (tertiary/aromatic N) is 1. The fourth-order valence-corrected chi connectivity index (χ4v) is 3.47. The predicted molar refractivity (Wildman–Crippen MR) is 83.3 cm³/mol. The number of halogens is 2. The van der Waals surface area contributed by atoms with Crippen LogP contribution in [-0.4, -0.2) is 13.4 Å². The van der Waals surface area contributed by atoms with E-state index in [2.05, 4.69) is 25.6 Å². The Labute approximate surface area is 130 Å². The van der Waals surface area contributed by atoms with Crippen LogP contribution >= 0.6 is 27.5 Å². The van der Waals surface area contributed by atoms with Crippen LogP contribution in [0.25, 0.3) is 0 Å². The molecule has 2 aromatic rings. The number of nitrogens with two attached hydrogens (primary N) is 1. The quantitative estimate of drug-likeness (QED) is 0.636. The minimum absolute atomic E-state index is 0.0467.